The molecule has 1 aliphatic rings. The molecule has 1 aliphatic heterocycles. The molecule has 0 saturated carbocycles. The Morgan fingerprint density at radius 2 is 1.80 bits per heavy atom. The standard InChI is InChI=1S/C7H15N3/c1-6(2)5(8)9-7(3,4)10-6/h10H,1-4H3,(H2,8,9). The molecule has 0 fully saturated rings. The molecular formula is C7H15N3. The average Bonchev–Trinajstić information content (AvgIpc) is 1.73. The summed E-state index contributed by atoms with van der Waals surface area (Å²) >= 11 is 0. The topological polar surface area (TPSA) is 50.4 Å². The van der Waals surface area contributed by atoms with E-state index in [2.05, 4.69) is 10.3 Å². The lowest BCUT2D eigenvalue weighted by Crippen LogP contribution is -2.50. The summed E-state index contributed by atoms with van der Waals surface area (Å²) in [7, 11) is 0. The Labute approximate surface area is 61.7 Å². The van der Waals surface area contributed by atoms with Gasteiger partial charge < -0.3 is 5.73 Å². The van der Waals surface area contributed by atoms with Gasteiger partial charge in [0, 0.05) is 0 Å². The molecule has 0 bridgehead atoms. The van der Waals surface area contributed by atoms with Crippen LogP contribution in [0.1, 0.15) is 27.7 Å². The van der Waals surface area contributed by atoms with E-state index in [1.807, 2.05) is 27.7 Å². The zero-order valence-corrected chi connectivity index (χ0v) is 7.02. The van der Waals surface area contributed by atoms with E-state index in [0.717, 1.165) is 0 Å². The van der Waals surface area contributed by atoms with Crippen molar-refractivity contribution in [3.8, 4) is 0 Å². The molecule has 3 nitrogen and oxygen atoms in total. The van der Waals surface area contributed by atoms with Crippen molar-refractivity contribution in [2.24, 2.45) is 10.7 Å². The van der Waals surface area contributed by atoms with E-state index in [0.29, 0.717) is 5.84 Å². The Balaban J connectivity index is 2.89. The number of nitrogens with zero attached hydrogens (tertiary/aromatic N) is 1. The van der Waals surface area contributed by atoms with Gasteiger partial charge in [-0.15, -0.1) is 0 Å². The maximum atomic E-state index is 5.68. The van der Waals surface area contributed by atoms with Gasteiger partial charge in [-0.2, -0.15) is 0 Å². The first kappa shape index (κ1) is 7.54. The Morgan fingerprint density at radius 1 is 1.30 bits per heavy atom. The molecule has 0 radical (unpaired) electrons. The molecule has 1 rings (SSSR count). The second kappa shape index (κ2) is 1.72. The highest BCUT2D eigenvalue weighted by atomic mass is 15.3. The molecule has 0 saturated heterocycles. The Kier molecular flexibility index (Phi) is 1.30. The molecule has 0 unspecified atom stereocenters. The largest absolute Gasteiger partial charge is 0.386 e. The van der Waals surface area contributed by atoms with Crippen LogP contribution in [0.5, 0.6) is 0 Å². The maximum absolute atomic E-state index is 5.68. The maximum Gasteiger partial charge on any atom is 0.116 e. The molecule has 0 spiro atoms. The fourth-order valence-corrected chi connectivity index (χ4v) is 1.30. The summed E-state index contributed by atoms with van der Waals surface area (Å²) in [5.41, 5.74) is 5.35. The summed E-state index contributed by atoms with van der Waals surface area (Å²) in [6, 6.07) is 0. The first-order valence-corrected chi connectivity index (χ1v) is 3.49. The highest BCUT2D eigenvalue weighted by Crippen LogP contribution is 2.20. The smallest absolute Gasteiger partial charge is 0.116 e. The van der Waals surface area contributed by atoms with Crippen LogP contribution in [-0.4, -0.2) is 17.0 Å². The highest BCUT2D eigenvalue weighted by molar-refractivity contribution is 5.91. The zero-order valence-electron chi connectivity index (χ0n) is 7.02. The summed E-state index contributed by atoms with van der Waals surface area (Å²) in [4.78, 5) is 4.26. The average molecular weight is 141 g/mol. The predicted molar refractivity (Wildman–Crippen MR) is 42.9 cm³/mol. The van der Waals surface area contributed by atoms with E-state index < -0.39 is 0 Å². The third-order valence-electron chi connectivity index (χ3n) is 1.66. The monoisotopic (exact) mass is 141 g/mol. The van der Waals surface area contributed by atoms with Crippen molar-refractivity contribution in [2.45, 2.75) is 38.9 Å². The summed E-state index contributed by atoms with van der Waals surface area (Å²) < 4.78 is 0. The van der Waals surface area contributed by atoms with Crippen molar-refractivity contribution in [1.29, 1.82) is 0 Å². The van der Waals surface area contributed by atoms with Gasteiger partial charge in [0.1, 0.15) is 11.5 Å². The number of amidine groups is 1. The van der Waals surface area contributed by atoms with Crippen LogP contribution in [0.4, 0.5) is 0 Å². The number of hydrogen-bond donors (Lipinski definition) is 2. The van der Waals surface area contributed by atoms with Crippen molar-refractivity contribution >= 4 is 5.84 Å². The Morgan fingerprint density at radius 3 is 1.90 bits per heavy atom. The first-order valence-electron chi connectivity index (χ1n) is 3.49. The van der Waals surface area contributed by atoms with Crippen LogP contribution >= 0.6 is 0 Å². The van der Waals surface area contributed by atoms with Gasteiger partial charge in [-0.3, -0.25) is 5.32 Å². The first-order chi connectivity index (χ1) is 4.33. The molecule has 0 aromatic carbocycles. The van der Waals surface area contributed by atoms with E-state index >= 15 is 0 Å². The summed E-state index contributed by atoms with van der Waals surface area (Å²) in [5.74, 6) is 0.692. The number of rotatable bonds is 0. The van der Waals surface area contributed by atoms with Crippen LogP contribution in [0.2, 0.25) is 0 Å². The van der Waals surface area contributed by atoms with Crippen LogP contribution < -0.4 is 11.1 Å². The lowest BCUT2D eigenvalue weighted by molar-refractivity contribution is 0.371. The van der Waals surface area contributed by atoms with Crippen molar-refractivity contribution in [1.82, 2.24) is 5.32 Å². The fraction of sp³-hybridized carbons (Fsp3) is 0.857. The molecule has 58 valence electrons. The summed E-state index contributed by atoms with van der Waals surface area (Å²) in [6.45, 7) is 8.07. The summed E-state index contributed by atoms with van der Waals surface area (Å²) in [5, 5.41) is 3.29. The minimum atomic E-state index is -0.187. The molecule has 0 aromatic heterocycles. The van der Waals surface area contributed by atoms with Gasteiger partial charge in [0.2, 0.25) is 0 Å². The van der Waals surface area contributed by atoms with Gasteiger partial charge in [-0.05, 0) is 27.7 Å². The number of nitrogens with two attached hydrogens (primary N) is 1. The minimum absolute atomic E-state index is 0.135. The van der Waals surface area contributed by atoms with Crippen LogP contribution in [0.3, 0.4) is 0 Å². The second-order valence-corrected chi connectivity index (χ2v) is 3.81. The third kappa shape index (κ3) is 1.14. The minimum Gasteiger partial charge on any atom is -0.386 e. The van der Waals surface area contributed by atoms with E-state index in [1.165, 1.54) is 0 Å². The number of aliphatic imine (C=N–C) groups is 1. The van der Waals surface area contributed by atoms with E-state index in [1.54, 1.807) is 0 Å². The van der Waals surface area contributed by atoms with Crippen LogP contribution in [0, 0.1) is 0 Å². The van der Waals surface area contributed by atoms with Gasteiger partial charge in [0.15, 0.2) is 0 Å². The zero-order chi connectivity index (χ0) is 7.99. The third-order valence-corrected chi connectivity index (χ3v) is 1.66. The number of hydrogen-bond acceptors (Lipinski definition) is 3. The molecule has 1 heterocycles. The second-order valence-electron chi connectivity index (χ2n) is 3.81. The van der Waals surface area contributed by atoms with Gasteiger partial charge in [0.05, 0.1) is 5.54 Å². The summed E-state index contributed by atoms with van der Waals surface area (Å²) in [6.07, 6.45) is 0. The molecule has 3 N–H and O–H groups in total. The Bertz CT molecular complexity index is 179. The molecule has 0 atom stereocenters. The lowest BCUT2D eigenvalue weighted by atomic mass is 10.1. The quantitative estimate of drug-likeness (QED) is 0.515. The fourth-order valence-electron chi connectivity index (χ4n) is 1.30. The molecule has 10 heavy (non-hydrogen) atoms. The molecular weight excluding hydrogens is 126 g/mol. The van der Waals surface area contributed by atoms with Gasteiger partial charge in [-0.25, -0.2) is 4.99 Å². The van der Waals surface area contributed by atoms with Crippen molar-refractivity contribution in [3.05, 3.63) is 0 Å². The van der Waals surface area contributed by atoms with Crippen molar-refractivity contribution < 1.29 is 0 Å². The molecule has 3 heteroatoms. The van der Waals surface area contributed by atoms with Crippen LogP contribution in [0.15, 0.2) is 4.99 Å². The van der Waals surface area contributed by atoms with Crippen LogP contribution in [-0.2, 0) is 0 Å². The van der Waals surface area contributed by atoms with Gasteiger partial charge in [0.25, 0.3) is 0 Å². The van der Waals surface area contributed by atoms with Gasteiger partial charge in [-0.1, -0.05) is 0 Å². The van der Waals surface area contributed by atoms with Gasteiger partial charge >= 0.3 is 0 Å². The van der Waals surface area contributed by atoms with E-state index in [4.69, 9.17) is 5.73 Å². The highest BCUT2D eigenvalue weighted by Gasteiger charge is 2.36. The van der Waals surface area contributed by atoms with E-state index in [-0.39, 0.29) is 11.2 Å². The van der Waals surface area contributed by atoms with Crippen molar-refractivity contribution in [2.75, 3.05) is 0 Å². The Hall–Kier alpha value is -0.570. The lowest BCUT2D eigenvalue weighted by Gasteiger charge is -2.23. The number of nitrogens with one attached hydrogen (secondary N) is 1. The van der Waals surface area contributed by atoms with Crippen LogP contribution in [0.25, 0.3) is 0 Å². The predicted octanol–water partition coefficient (Wildman–Crippen LogP) is 0.462. The molecule has 0 aromatic rings. The van der Waals surface area contributed by atoms with E-state index in [9.17, 15) is 0 Å². The SMILES string of the molecule is CC1(C)N=C(N)C(C)(C)N1. The molecule has 0 amide bonds. The molecule has 0 aliphatic carbocycles. The normalized spacial score (nSPS) is 28.2. The van der Waals surface area contributed by atoms with Crippen molar-refractivity contribution in [3.63, 3.8) is 0 Å².